The molecule has 1 aromatic carbocycles. The van der Waals surface area contributed by atoms with Crippen molar-refractivity contribution in [3.05, 3.63) is 34.6 Å². The van der Waals surface area contributed by atoms with Crippen LogP contribution in [0.25, 0.3) is 10.9 Å². The molecule has 2 aromatic rings. The molecule has 1 aromatic heterocycles. The molecule has 1 heterocycles. The predicted octanol–water partition coefficient (Wildman–Crippen LogP) is 2.22. The van der Waals surface area contributed by atoms with Crippen molar-refractivity contribution in [2.75, 3.05) is 0 Å². The lowest BCUT2D eigenvalue weighted by molar-refractivity contribution is -0.140. The van der Waals surface area contributed by atoms with E-state index in [2.05, 4.69) is 10.3 Å². The van der Waals surface area contributed by atoms with Gasteiger partial charge in [0.1, 0.15) is 5.52 Å². The zero-order valence-electron chi connectivity index (χ0n) is 12.4. The Morgan fingerprint density at radius 3 is 2.68 bits per heavy atom. The molecule has 1 fully saturated rings. The van der Waals surface area contributed by atoms with Gasteiger partial charge < -0.3 is 5.11 Å². The van der Waals surface area contributed by atoms with Crippen molar-refractivity contribution in [2.45, 2.75) is 45.1 Å². The van der Waals surface area contributed by atoms with Gasteiger partial charge in [0.2, 0.25) is 0 Å². The predicted molar refractivity (Wildman–Crippen MR) is 81.6 cm³/mol. The van der Waals surface area contributed by atoms with Crippen molar-refractivity contribution in [2.24, 2.45) is 5.41 Å². The number of aliphatic carboxylic acids is 1. The number of carboxylic acids is 1. The standard InChI is InChI=1S/C16H19N3O3/c20-14(21)10-16(8-4-1-5-9-16)11-19-15(22)12-6-2-3-7-13(12)17-18-19/h2-3,6-7H,1,4-5,8-11H2,(H,20,21). The molecule has 6 nitrogen and oxygen atoms in total. The number of aromatic nitrogens is 3. The Morgan fingerprint density at radius 1 is 1.23 bits per heavy atom. The van der Waals surface area contributed by atoms with Gasteiger partial charge in [-0.1, -0.05) is 36.6 Å². The van der Waals surface area contributed by atoms with Crippen LogP contribution in [0.5, 0.6) is 0 Å². The van der Waals surface area contributed by atoms with Crippen LogP contribution < -0.4 is 5.56 Å². The van der Waals surface area contributed by atoms with Gasteiger partial charge in [-0.25, -0.2) is 4.68 Å². The second-order valence-corrected chi connectivity index (χ2v) is 6.20. The summed E-state index contributed by atoms with van der Waals surface area (Å²) in [7, 11) is 0. The average molecular weight is 301 g/mol. The summed E-state index contributed by atoms with van der Waals surface area (Å²) in [6, 6.07) is 7.09. The van der Waals surface area contributed by atoms with Crippen LogP contribution in [-0.4, -0.2) is 26.1 Å². The Hall–Kier alpha value is -2.24. The minimum Gasteiger partial charge on any atom is -0.481 e. The van der Waals surface area contributed by atoms with Crippen LogP contribution in [-0.2, 0) is 11.3 Å². The lowest BCUT2D eigenvalue weighted by atomic mass is 9.72. The molecular weight excluding hydrogens is 282 g/mol. The maximum Gasteiger partial charge on any atom is 0.303 e. The maximum absolute atomic E-state index is 12.5. The first-order valence-corrected chi connectivity index (χ1v) is 7.64. The van der Waals surface area contributed by atoms with Gasteiger partial charge in [0.25, 0.3) is 5.56 Å². The molecule has 1 aliphatic carbocycles. The fourth-order valence-corrected chi connectivity index (χ4v) is 3.46. The lowest BCUT2D eigenvalue weighted by Crippen LogP contribution is -2.37. The quantitative estimate of drug-likeness (QED) is 0.936. The molecular formula is C16H19N3O3. The molecule has 0 aliphatic heterocycles. The van der Waals surface area contributed by atoms with Crippen LogP contribution in [0, 0.1) is 5.41 Å². The fraction of sp³-hybridized carbons (Fsp3) is 0.500. The highest BCUT2D eigenvalue weighted by Crippen LogP contribution is 2.40. The Morgan fingerprint density at radius 2 is 1.95 bits per heavy atom. The number of hydrogen-bond acceptors (Lipinski definition) is 4. The van der Waals surface area contributed by atoms with Crippen molar-refractivity contribution < 1.29 is 9.90 Å². The van der Waals surface area contributed by atoms with Crippen molar-refractivity contribution in [3.8, 4) is 0 Å². The SMILES string of the molecule is O=C(O)CC1(Cn2nnc3ccccc3c2=O)CCCCC1. The highest BCUT2D eigenvalue weighted by atomic mass is 16.4. The molecule has 0 atom stereocenters. The first-order chi connectivity index (χ1) is 10.6. The van der Waals surface area contributed by atoms with Crippen molar-refractivity contribution in [3.63, 3.8) is 0 Å². The van der Waals surface area contributed by atoms with Crippen molar-refractivity contribution >= 4 is 16.9 Å². The van der Waals surface area contributed by atoms with Gasteiger partial charge in [-0.2, -0.15) is 0 Å². The number of nitrogens with zero attached hydrogens (tertiary/aromatic N) is 3. The van der Waals surface area contributed by atoms with E-state index in [-0.39, 0.29) is 17.4 Å². The van der Waals surface area contributed by atoms with E-state index in [9.17, 15) is 14.7 Å². The first kappa shape index (κ1) is 14.7. The largest absolute Gasteiger partial charge is 0.481 e. The van der Waals surface area contributed by atoms with Gasteiger partial charge in [0, 0.05) is 5.41 Å². The topological polar surface area (TPSA) is 85.1 Å². The van der Waals surface area contributed by atoms with Crippen LogP contribution in [0.1, 0.15) is 38.5 Å². The minimum atomic E-state index is -0.816. The van der Waals surface area contributed by atoms with E-state index >= 15 is 0 Å². The van der Waals surface area contributed by atoms with Gasteiger partial charge in [-0.05, 0) is 25.0 Å². The fourth-order valence-electron chi connectivity index (χ4n) is 3.46. The number of benzene rings is 1. The second kappa shape index (κ2) is 5.87. The summed E-state index contributed by atoms with van der Waals surface area (Å²) in [5, 5.41) is 17.9. The van der Waals surface area contributed by atoms with Gasteiger partial charge in [-0.3, -0.25) is 9.59 Å². The van der Waals surface area contributed by atoms with Crippen LogP contribution in [0.15, 0.2) is 29.1 Å². The summed E-state index contributed by atoms with van der Waals surface area (Å²) in [6.45, 7) is 0.329. The van der Waals surface area contributed by atoms with E-state index < -0.39 is 5.97 Å². The van der Waals surface area contributed by atoms with E-state index in [1.165, 1.54) is 4.68 Å². The summed E-state index contributed by atoms with van der Waals surface area (Å²) < 4.78 is 1.34. The van der Waals surface area contributed by atoms with Crippen LogP contribution in [0.3, 0.4) is 0 Å². The molecule has 1 saturated carbocycles. The number of carboxylic acid groups (broad SMARTS) is 1. The van der Waals surface area contributed by atoms with E-state index in [0.29, 0.717) is 17.4 Å². The van der Waals surface area contributed by atoms with E-state index in [0.717, 1.165) is 32.1 Å². The molecule has 0 unspecified atom stereocenters. The number of carbonyl (C=O) groups is 1. The zero-order valence-corrected chi connectivity index (χ0v) is 12.4. The molecule has 3 rings (SSSR count). The zero-order chi connectivity index (χ0) is 15.6. The van der Waals surface area contributed by atoms with Crippen LogP contribution in [0.4, 0.5) is 0 Å². The van der Waals surface area contributed by atoms with Crippen LogP contribution >= 0.6 is 0 Å². The third-order valence-corrected chi connectivity index (χ3v) is 4.55. The second-order valence-electron chi connectivity index (χ2n) is 6.20. The van der Waals surface area contributed by atoms with E-state index in [1.54, 1.807) is 18.2 Å². The van der Waals surface area contributed by atoms with E-state index in [1.807, 2.05) is 6.07 Å². The average Bonchev–Trinajstić information content (AvgIpc) is 2.50. The smallest absolute Gasteiger partial charge is 0.303 e. The minimum absolute atomic E-state index is 0.0773. The molecule has 0 radical (unpaired) electrons. The molecule has 0 amide bonds. The maximum atomic E-state index is 12.5. The number of rotatable bonds is 4. The summed E-state index contributed by atoms with van der Waals surface area (Å²) in [5.41, 5.74) is -0.00831. The highest BCUT2D eigenvalue weighted by Gasteiger charge is 2.35. The lowest BCUT2D eigenvalue weighted by Gasteiger charge is -2.35. The summed E-state index contributed by atoms with van der Waals surface area (Å²) in [5.74, 6) is -0.816. The molecule has 0 bridgehead atoms. The van der Waals surface area contributed by atoms with Gasteiger partial charge in [0.15, 0.2) is 0 Å². The van der Waals surface area contributed by atoms with Crippen LogP contribution in [0.2, 0.25) is 0 Å². The first-order valence-electron chi connectivity index (χ1n) is 7.64. The molecule has 0 saturated heterocycles. The van der Waals surface area contributed by atoms with E-state index in [4.69, 9.17) is 0 Å². The Bertz CT molecular complexity index is 748. The number of fused-ring (bicyclic) bond motifs is 1. The Kier molecular flexibility index (Phi) is 3.92. The molecule has 22 heavy (non-hydrogen) atoms. The molecule has 116 valence electrons. The summed E-state index contributed by atoms with van der Waals surface area (Å²) >= 11 is 0. The molecule has 1 aliphatic rings. The molecule has 1 N–H and O–H groups in total. The van der Waals surface area contributed by atoms with Crippen molar-refractivity contribution in [1.29, 1.82) is 0 Å². The summed E-state index contributed by atoms with van der Waals surface area (Å²) in [6.07, 6.45) is 4.85. The van der Waals surface area contributed by atoms with Crippen molar-refractivity contribution in [1.82, 2.24) is 15.0 Å². The molecule has 6 heteroatoms. The van der Waals surface area contributed by atoms with Gasteiger partial charge >= 0.3 is 5.97 Å². The molecule has 0 spiro atoms. The Balaban J connectivity index is 1.97. The van der Waals surface area contributed by atoms with Gasteiger partial charge in [0.05, 0.1) is 18.4 Å². The normalized spacial score (nSPS) is 17.5. The monoisotopic (exact) mass is 301 g/mol. The third kappa shape index (κ3) is 2.86. The number of hydrogen-bond donors (Lipinski definition) is 1. The third-order valence-electron chi connectivity index (χ3n) is 4.55. The summed E-state index contributed by atoms with van der Waals surface area (Å²) in [4.78, 5) is 23.8. The Labute approximate surface area is 127 Å². The van der Waals surface area contributed by atoms with Gasteiger partial charge in [-0.15, -0.1) is 5.10 Å². The highest BCUT2D eigenvalue weighted by molar-refractivity contribution is 5.76.